The summed E-state index contributed by atoms with van der Waals surface area (Å²) in [5.74, 6) is 0.828. The fourth-order valence-corrected chi connectivity index (χ4v) is 2.59. The second-order valence-corrected chi connectivity index (χ2v) is 5.35. The third-order valence-electron chi connectivity index (χ3n) is 2.52. The van der Waals surface area contributed by atoms with Crippen LogP contribution in [0.3, 0.4) is 0 Å². The quantitative estimate of drug-likeness (QED) is 0.803. The Morgan fingerprint density at radius 3 is 3.00 bits per heavy atom. The summed E-state index contributed by atoms with van der Waals surface area (Å²) >= 11 is 5.05. The lowest BCUT2D eigenvalue weighted by molar-refractivity contribution is 1.05. The molecular formula is C12H9BrN4S. The van der Waals surface area contributed by atoms with Crippen molar-refractivity contribution < 1.29 is 0 Å². The maximum atomic E-state index is 4.28. The predicted molar refractivity (Wildman–Crippen MR) is 76.7 cm³/mol. The van der Waals surface area contributed by atoms with Crippen LogP contribution in [0.25, 0.3) is 10.9 Å². The van der Waals surface area contributed by atoms with Gasteiger partial charge in [0.25, 0.3) is 0 Å². The molecule has 18 heavy (non-hydrogen) atoms. The van der Waals surface area contributed by atoms with Gasteiger partial charge in [-0.1, -0.05) is 15.9 Å². The van der Waals surface area contributed by atoms with Gasteiger partial charge in [-0.25, -0.2) is 15.0 Å². The number of thiazole rings is 1. The summed E-state index contributed by atoms with van der Waals surface area (Å²) in [6, 6.07) is 5.95. The summed E-state index contributed by atoms with van der Waals surface area (Å²) in [6.07, 6.45) is 1.57. The molecule has 0 amide bonds. The molecule has 3 aromatic rings. The molecule has 0 saturated heterocycles. The highest BCUT2D eigenvalue weighted by atomic mass is 79.9. The number of benzene rings is 1. The van der Waals surface area contributed by atoms with Gasteiger partial charge in [0.15, 0.2) is 0 Å². The van der Waals surface area contributed by atoms with Crippen molar-refractivity contribution in [1.82, 2.24) is 15.0 Å². The van der Waals surface area contributed by atoms with E-state index < -0.39 is 0 Å². The van der Waals surface area contributed by atoms with Gasteiger partial charge >= 0.3 is 0 Å². The number of rotatable bonds is 3. The number of hydrogen-bond acceptors (Lipinski definition) is 5. The van der Waals surface area contributed by atoms with E-state index in [0.717, 1.165) is 26.9 Å². The molecule has 0 atom stereocenters. The van der Waals surface area contributed by atoms with Gasteiger partial charge in [-0.15, -0.1) is 11.3 Å². The lowest BCUT2D eigenvalue weighted by atomic mass is 10.2. The third-order valence-corrected chi connectivity index (χ3v) is 3.65. The first-order valence-electron chi connectivity index (χ1n) is 5.34. The van der Waals surface area contributed by atoms with Crippen LogP contribution < -0.4 is 5.32 Å². The van der Waals surface area contributed by atoms with E-state index in [0.29, 0.717) is 6.54 Å². The van der Waals surface area contributed by atoms with Crippen LogP contribution in [0.2, 0.25) is 0 Å². The van der Waals surface area contributed by atoms with E-state index in [2.05, 4.69) is 36.2 Å². The molecule has 0 saturated carbocycles. The van der Waals surface area contributed by atoms with E-state index in [9.17, 15) is 0 Å². The number of nitrogens with zero attached hydrogens (tertiary/aromatic N) is 3. The van der Waals surface area contributed by atoms with Crippen molar-refractivity contribution in [3.63, 3.8) is 0 Å². The zero-order valence-corrected chi connectivity index (χ0v) is 11.7. The Hall–Kier alpha value is -1.53. The maximum Gasteiger partial charge on any atom is 0.137 e. The molecule has 1 aromatic carbocycles. The van der Waals surface area contributed by atoms with E-state index in [1.54, 1.807) is 17.7 Å². The number of fused-ring (bicyclic) bond motifs is 1. The first-order chi connectivity index (χ1) is 8.83. The highest BCUT2D eigenvalue weighted by Gasteiger charge is 2.04. The van der Waals surface area contributed by atoms with Gasteiger partial charge in [-0.3, -0.25) is 0 Å². The number of aromatic nitrogens is 3. The van der Waals surface area contributed by atoms with Gasteiger partial charge in [-0.2, -0.15) is 0 Å². The molecule has 2 aromatic heterocycles. The molecule has 0 spiro atoms. The van der Waals surface area contributed by atoms with Crippen molar-refractivity contribution in [2.24, 2.45) is 0 Å². The molecule has 1 N–H and O–H groups in total. The molecule has 0 aliphatic rings. The molecule has 0 aliphatic carbocycles. The van der Waals surface area contributed by atoms with E-state index in [1.165, 1.54) is 0 Å². The largest absolute Gasteiger partial charge is 0.364 e. The number of halogens is 1. The Morgan fingerprint density at radius 2 is 2.17 bits per heavy atom. The van der Waals surface area contributed by atoms with Gasteiger partial charge < -0.3 is 5.32 Å². The first-order valence-corrected chi connectivity index (χ1v) is 7.08. The smallest absolute Gasteiger partial charge is 0.137 e. The average molecular weight is 321 g/mol. The Morgan fingerprint density at radius 1 is 1.22 bits per heavy atom. The summed E-state index contributed by atoms with van der Waals surface area (Å²) in [4.78, 5) is 12.8. The summed E-state index contributed by atoms with van der Waals surface area (Å²) in [5, 5.41) is 6.31. The lowest BCUT2D eigenvalue weighted by Gasteiger charge is -2.07. The van der Waals surface area contributed by atoms with Crippen molar-refractivity contribution in [2.45, 2.75) is 6.54 Å². The second-order valence-electron chi connectivity index (χ2n) is 3.72. The maximum absolute atomic E-state index is 4.28. The van der Waals surface area contributed by atoms with Gasteiger partial charge in [0.2, 0.25) is 0 Å². The first kappa shape index (κ1) is 11.6. The van der Waals surface area contributed by atoms with Gasteiger partial charge in [0.05, 0.1) is 23.3 Å². The molecule has 90 valence electrons. The highest BCUT2D eigenvalue weighted by molar-refractivity contribution is 9.10. The minimum Gasteiger partial charge on any atom is -0.364 e. The van der Waals surface area contributed by atoms with E-state index >= 15 is 0 Å². The Kier molecular flexibility index (Phi) is 3.21. The van der Waals surface area contributed by atoms with Crippen LogP contribution in [0.4, 0.5) is 5.82 Å². The van der Waals surface area contributed by atoms with Crippen molar-refractivity contribution in [1.29, 1.82) is 0 Å². The van der Waals surface area contributed by atoms with E-state index in [4.69, 9.17) is 0 Å². The van der Waals surface area contributed by atoms with Crippen LogP contribution >= 0.6 is 27.3 Å². The standard InChI is InChI=1S/C12H9BrN4S/c13-8-1-2-11-10(3-8)12(16-6-15-11)14-4-9-5-18-7-17-9/h1-3,5-7H,4H2,(H,14,15,16). The van der Waals surface area contributed by atoms with Crippen molar-refractivity contribution >= 4 is 44.0 Å². The molecule has 0 bridgehead atoms. The second kappa shape index (κ2) is 4.99. The number of nitrogens with one attached hydrogen (secondary N) is 1. The Balaban J connectivity index is 1.93. The molecular weight excluding hydrogens is 312 g/mol. The Bertz CT molecular complexity index is 669. The summed E-state index contributed by atoms with van der Waals surface area (Å²) in [5.41, 5.74) is 3.77. The van der Waals surface area contributed by atoms with Crippen molar-refractivity contribution in [2.75, 3.05) is 5.32 Å². The van der Waals surface area contributed by atoms with Crippen LogP contribution in [0.5, 0.6) is 0 Å². The average Bonchev–Trinajstić information content (AvgIpc) is 2.89. The third kappa shape index (κ3) is 2.34. The minimum atomic E-state index is 0.669. The lowest BCUT2D eigenvalue weighted by Crippen LogP contribution is -2.02. The highest BCUT2D eigenvalue weighted by Crippen LogP contribution is 2.23. The van der Waals surface area contributed by atoms with Gasteiger partial charge in [-0.05, 0) is 18.2 Å². The number of anilines is 1. The van der Waals surface area contributed by atoms with Crippen LogP contribution in [-0.4, -0.2) is 15.0 Å². The molecule has 3 rings (SSSR count). The summed E-state index contributed by atoms with van der Waals surface area (Å²) in [6.45, 7) is 0.669. The SMILES string of the molecule is Brc1ccc2ncnc(NCc3cscn3)c2c1. The van der Waals surface area contributed by atoms with Gasteiger partial charge in [0, 0.05) is 15.2 Å². The minimum absolute atomic E-state index is 0.669. The van der Waals surface area contributed by atoms with Crippen molar-refractivity contribution in [3.05, 3.63) is 45.6 Å². The summed E-state index contributed by atoms with van der Waals surface area (Å²) < 4.78 is 1.02. The molecule has 4 nitrogen and oxygen atoms in total. The zero-order chi connectivity index (χ0) is 12.4. The topological polar surface area (TPSA) is 50.7 Å². The fourth-order valence-electron chi connectivity index (χ4n) is 1.67. The van der Waals surface area contributed by atoms with Crippen LogP contribution in [0.1, 0.15) is 5.69 Å². The monoisotopic (exact) mass is 320 g/mol. The van der Waals surface area contributed by atoms with Crippen LogP contribution in [0.15, 0.2) is 39.9 Å². The summed E-state index contributed by atoms with van der Waals surface area (Å²) in [7, 11) is 0. The fraction of sp³-hybridized carbons (Fsp3) is 0.0833. The van der Waals surface area contributed by atoms with E-state index in [-0.39, 0.29) is 0 Å². The van der Waals surface area contributed by atoms with Crippen LogP contribution in [-0.2, 0) is 6.54 Å². The molecule has 0 fully saturated rings. The van der Waals surface area contributed by atoms with E-state index in [1.807, 2.05) is 29.1 Å². The molecule has 0 radical (unpaired) electrons. The molecule has 0 unspecified atom stereocenters. The van der Waals surface area contributed by atoms with Gasteiger partial charge in [0.1, 0.15) is 12.1 Å². The number of hydrogen-bond donors (Lipinski definition) is 1. The molecule has 2 heterocycles. The normalized spacial score (nSPS) is 10.7. The predicted octanol–water partition coefficient (Wildman–Crippen LogP) is 3.46. The van der Waals surface area contributed by atoms with Crippen molar-refractivity contribution in [3.8, 4) is 0 Å². The van der Waals surface area contributed by atoms with Crippen LogP contribution in [0, 0.1) is 0 Å². The molecule has 6 heteroatoms. The Labute approximate surface area is 116 Å². The molecule has 0 aliphatic heterocycles. The zero-order valence-electron chi connectivity index (χ0n) is 9.30.